The van der Waals surface area contributed by atoms with E-state index in [9.17, 15) is 14.4 Å². The van der Waals surface area contributed by atoms with E-state index in [0.717, 1.165) is 0 Å². The first kappa shape index (κ1) is 19.0. The van der Waals surface area contributed by atoms with Crippen LogP contribution in [0.5, 0.6) is 5.75 Å². The van der Waals surface area contributed by atoms with Crippen molar-refractivity contribution in [2.45, 2.75) is 33.3 Å². The Labute approximate surface area is 147 Å². The normalized spacial score (nSPS) is 22.8. The van der Waals surface area contributed by atoms with Gasteiger partial charge in [0.1, 0.15) is 11.4 Å². The Morgan fingerprint density at radius 1 is 1.24 bits per heavy atom. The molecule has 1 saturated heterocycles. The van der Waals surface area contributed by atoms with Gasteiger partial charge in [0.15, 0.2) is 11.7 Å². The van der Waals surface area contributed by atoms with Crippen LogP contribution >= 0.6 is 0 Å². The monoisotopic (exact) mass is 348 g/mol. The van der Waals surface area contributed by atoms with E-state index in [1.165, 1.54) is 0 Å². The minimum atomic E-state index is -1.09. The predicted octanol–water partition coefficient (Wildman–Crippen LogP) is 2.64. The van der Waals surface area contributed by atoms with Crippen LogP contribution in [0.3, 0.4) is 0 Å². The van der Waals surface area contributed by atoms with Crippen molar-refractivity contribution in [2.24, 2.45) is 17.8 Å². The molecule has 0 aliphatic carbocycles. The molecule has 0 aromatic heterocycles. The number of methoxy groups -OCH3 is 1. The van der Waals surface area contributed by atoms with Gasteiger partial charge in [0.05, 0.1) is 13.7 Å². The van der Waals surface area contributed by atoms with Crippen LogP contribution in [0, 0.1) is 17.8 Å². The lowest BCUT2D eigenvalue weighted by Crippen LogP contribution is -2.41. The molecule has 1 aliphatic heterocycles. The summed E-state index contributed by atoms with van der Waals surface area (Å²) < 4.78 is 15.5. The molecule has 0 unspecified atom stereocenters. The standard InChI is InChI=1S/C19H24O6/c1-6-24-17(21)14-15(19(3,4)25-18(14)22)11(2)16(20)12-7-9-13(23-5)10-8-12/h7-11,14-15H,6H2,1-5H3/t11-,14+,15-/m0/s1. The first-order valence-electron chi connectivity index (χ1n) is 8.30. The highest BCUT2D eigenvalue weighted by atomic mass is 16.6. The molecule has 1 fully saturated rings. The molecule has 1 heterocycles. The smallest absolute Gasteiger partial charge is 0.321 e. The first-order valence-corrected chi connectivity index (χ1v) is 8.30. The van der Waals surface area contributed by atoms with E-state index in [0.29, 0.717) is 11.3 Å². The molecular formula is C19H24O6. The maximum absolute atomic E-state index is 12.9. The average molecular weight is 348 g/mol. The summed E-state index contributed by atoms with van der Waals surface area (Å²) in [7, 11) is 1.55. The lowest BCUT2D eigenvalue weighted by molar-refractivity contribution is -0.157. The number of ether oxygens (including phenoxy) is 3. The Balaban J connectivity index is 2.31. The zero-order chi connectivity index (χ0) is 18.8. The first-order chi connectivity index (χ1) is 11.7. The topological polar surface area (TPSA) is 78.9 Å². The number of carbonyl (C=O) groups excluding carboxylic acids is 3. The van der Waals surface area contributed by atoms with Gasteiger partial charge in [-0.1, -0.05) is 6.92 Å². The van der Waals surface area contributed by atoms with Crippen LogP contribution in [0.4, 0.5) is 0 Å². The number of cyclic esters (lactones) is 1. The molecule has 136 valence electrons. The molecule has 6 heteroatoms. The number of ketones is 1. The SMILES string of the molecule is CCOC(=O)[C@@H]1C(=O)OC(C)(C)[C@H]1[C@H](C)C(=O)c1ccc(OC)cc1. The third-order valence-corrected chi connectivity index (χ3v) is 4.65. The van der Waals surface area contributed by atoms with Gasteiger partial charge in [-0.05, 0) is 45.0 Å². The van der Waals surface area contributed by atoms with Gasteiger partial charge in [0.25, 0.3) is 0 Å². The third-order valence-electron chi connectivity index (χ3n) is 4.65. The number of rotatable bonds is 6. The highest BCUT2D eigenvalue weighted by Crippen LogP contribution is 2.43. The van der Waals surface area contributed by atoms with E-state index in [4.69, 9.17) is 14.2 Å². The van der Waals surface area contributed by atoms with Crippen molar-refractivity contribution in [1.82, 2.24) is 0 Å². The number of carbonyl (C=O) groups is 3. The molecule has 3 atom stereocenters. The van der Waals surface area contributed by atoms with Crippen molar-refractivity contribution in [3.8, 4) is 5.75 Å². The minimum absolute atomic E-state index is 0.159. The highest BCUT2D eigenvalue weighted by Gasteiger charge is 2.57. The molecule has 25 heavy (non-hydrogen) atoms. The molecule has 0 radical (unpaired) electrons. The Morgan fingerprint density at radius 2 is 1.84 bits per heavy atom. The zero-order valence-corrected chi connectivity index (χ0v) is 15.2. The van der Waals surface area contributed by atoms with Crippen LogP contribution in [0.25, 0.3) is 0 Å². The van der Waals surface area contributed by atoms with Gasteiger partial charge in [-0.25, -0.2) is 0 Å². The maximum Gasteiger partial charge on any atom is 0.321 e. The average Bonchev–Trinajstić information content (AvgIpc) is 2.82. The van der Waals surface area contributed by atoms with Crippen molar-refractivity contribution in [3.05, 3.63) is 29.8 Å². The molecular weight excluding hydrogens is 324 g/mol. The Bertz CT molecular complexity index is 661. The summed E-state index contributed by atoms with van der Waals surface area (Å²) in [4.78, 5) is 37.4. The molecule has 0 amide bonds. The zero-order valence-electron chi connectivity index (χ0n) is 15.2. The molecule has 0 N–H and O–H groups in total. The summed E-state index contributed by atoms with van der Waals surface area (Å²) in [6, 6.07) is 6.73. The van der Waals surface area contributed by atoms with E-state index in [-0.39, 0.29) is 12.4 Å². The molecule has 0 spiro atoms. The fourth-order valence-electron chi connectivity index (χ4n) is 3.49. The van der Waals surface area contributed by atoms with Gasteiger partial charge in [-0.3, -0.25) is 14.4 Å². The van der Waals surface area contributed by atoms with Crippen molar-refractivity contribution in [2.75, 3.05) is 13.7 Å². The lowest BCUT2D eigenvalue weighted by atomic mass is 9.72. The number of Topliss-reactive ketones (excluding diaryl/α,β-unsaturated/α-hetero) is 1. The fourth-order valence-corrected chi connectivity index (χ4v) is 3.49. The Kier molecular flexibility index (Phi) is 5.50. The van der Waals surface area contributed by atoms with Crippen LogP contribution in [0.15, 0.2) is 24.3 Å². The molecule has 1 aliphatic rings. The molecule has 0 bridgehead atoms. The second kappa shape index (κ2) is 7.25. The fraction of sp³-hybridized carbons (Fsp3) is 0.526. The van der Waals surface area contributed by atoms with Crippen molar-refractivity contribution < 1.29 is 28.6 Å². The molecule has 1 aromatic carbocycles. The Morgan fingerprint density at radius 3 is 2.36 bits per heavy atom. The van der Waals surface area contributed by atoms with Gasteiger partial charge < -0.3 is 14.2 Å². The van der Waals surface area contributed by atoms with Crippen LogP contribution in [-0.2, 0) is 19.1 Å². The summed E-state index contributed by atoms with van der Waals surface area (Å²) in [5.74, 6) is -3.08. The van der Waals surface area contributed by atoms with Crippen molar-refractivity contribution in [1.29, 1.82) is 0 Å². The summed E-state index contributed by atoms with van der Waals surface area (Å²) >= 11 is 0. The van der Waals surface area contributed by atoms with Gasteiger partial charge >= 0.3 is 11.9 Å². The van der Waals surface area contributed by atoms with Gasteiger partial charge in [-0.15, -0.1) is 0 Å². The number of benzene rings is 1. The van der Waals surface area contributed by atoms with E-state index in [1.54, 1.807) is 59.1 Å². The van der Waals surface area contributed by atoms with E-state index in [2.05, 4.69) is 0 Å². The van der Waals surface area contributed by atoms with E-state index in [1.807, 2.05) is 0 Å². The Hall–Kier alpha value is -2.37. The van der Waals surface area contributed by atoms with Crippen molar-refractivity contribution in [3.63, 3.8) is 0 Å². The largest absolute Gasteiger partial charge is 0.497 e. The van der Waals surface area contributed by atoms with Crippen molar-refractivity contribution >= 4 is 17.7 Å². The minimum Gasteiger partial charge on any atom is -0.497 e. The lowest BCUT2D eigenvalue weighted by Gasteiger charge is -2.30. The van der Waals surface area contributed by atoms with Gasteiger partial charge in [0.2, 0.25) is 0 Å². The summed E-state index contributed by atoms with van der Waals surface area (Å²) in [5.41, 5.74) is -0.443. The molecule has 0 saturated carbocycles. The third kappa shape index (κ3) is 3.67. The molecule has 2 rings (SSSR count). The summed E-state index contributed by atoms with van der Waals surface area (Å²) in [6.45, 7) is 6.98. The maximum atomic E-state index is 12.9. The molecule has 6 nitrogen and oxygen atoms in total. The van der Waals surface area contributed by atoms with E-state index < -0.39 is 35.3 Å². The van der Waals surface area contributed by atoms with Crippen LogP contribution in [0.1, 0.15) is 38.1 Å². The highest BCUT2D eigenvalue weighted by molar-refractivity contribution is 6.01. The second-order valence-electron chi connectivity index (χ2n) is 6.66. The van der Waals surface area contributed by atoms with E-state index >= 15 is 0 Å². The van der Waals surface area contributed by atoms with Crippen LogP contribution in [0.2, 0.25) is 0 Å². The van der Waals surface area contributed by atoms with Gasteiger partial charge in [0, 0.05) is 17.4 Å². The van der Waals surface area contributed by atoms with Crippen LogP contribution in [-0.4, -0.2) is 37.0 Å². The summed E-state index contributed by atoms with van der Waals surface area (Å²) in [5, 5.41) is 0. The molecule has 1 aromatic rings. The predicted molar refractivity (Wildman–Crippen MR) is 90.3 cm³/mol. The van der Waals surface area contributed by atoms with Gasteiger partial charge in [-0.2, -0.15) is 0 Å². The van der Waals surface area contributed by atoms with Crippen LogP contribution < -0.4 is 4.74 Å². The summed E-state index contributed by atoms with van der Waals surface area (Å²) in [6.07, 6.45) is 0. The number of hydrogen-bond donors (Lipinski definition) is 0. The second-order valence-corrected chi connectivity index (χ2v) is 6.66. The number of esters is 2. The number of hydrogen-bond acceptors (Lipinski definition) is 6. The quantitative estimate of drug-likeness (QED) is 0.447.